The van der Waals surface area contributed by atoms with Crippen LogP contribution < -0.4 is 0 Å². The quantitative estimate of drug-likeness (QED) is 0.698. The van der Waals surface area contributed by atoms with Crippen LogP contribution in [0.15, 0.2) is 36.4 Å². The van der Waals surface area contributed by atoms with Crippen LogP contribution in [0.4, 0.5) is 0 Å². The number of hydrogen-bond acceptors (Lipinski definition) is 3. The molecule has 1 heterocycles. The molecule has 128 valence electrons. The molecule has 1 aliphatic heterocycles. The van der Waals surface area contributed by atoms with E-state index in [0.29, 0.717) is 5.92 Å². The van der Waals surface area contributed by atoms with Crippen molar-refractivity contribution in [1.82, 2.24) is 0 Å². The summed E-state index contributed by atoms with van der Waals surface area (Å²) < 4.78 is 6.09. The van der Waals surface area contributed by atoms with Gasteiger partial charge >= 0.3 is 5.97 Å². The molecule has 1 spiro atoms. The summed E-state index contributed by atoms with van der Waals surface area (Å²) in [6.45, 7) is 7.09. The van der Waals surface area contributed by atoms with Crippen molar-refractivity contribution >= 4 is 23.8 Å². The first-order valence-electron chi connectivity index (χ1n) is 9.00. The number of fused-ring (bicyclic) bond motifs is 3. The third-order valence-electron chi connectivity index (χ3n) is 7.11. The summed E-state index contributed by atoms with van der Waals surface area (Å²) in [5.41, 5.74) is 1.54. The van der Waals surface area contributed by atoms with Crippen LogP contribution in [0.1, 0.15) is 52.0 Å². The highest BCUT2D eigenvalue weighted by Crippen LogP contribution is 2.75. The number of benzene rings is 1. The zero-order chi connectivity index (χ0) is 17.0. The van der Waals surface area contributed by atoms with Gasteiger partial charge in [0.1, 0.15) is 5.25 Å². The first-order valence-corrected chi connectivity index (χ1v) is 9.88. The predicted molar refractivity (Wildman–Crippen MR) is 99.5 cm³/mol. The standard InChI is InChI=1S/C21H26O2S/c1-19(2)16-12-13-20(19,3)21(14-16)23-18(22)17(24-21)11-7-10-15-8-5-4-6-9-15/h4-10,16-17H,11-14H2,1-3H3/b10-7+/t16-,17-,20-,21+/m0/s1. The molecule has 0 unspecified atom stereocenters. The summed E-state index contributed by atoms with van der Waals surface area (Å²) >= 11 is 1.81. The van der Waals surface area contributed by atoms with Crippen molar-refractivity contribution in [2.75, 3.05) is 0 Å². The minimum absolute atomic E-state index is 0.0118. The maximum atomic E-state index is 12.5. The van der Waals surface area contributed by atoms with Gasteiger partial charge in [0, 0.05) is 11.8 Å². The van der Waals surface area contributed by atoms with Gasteiger partial charge in [-0.05, 0) is 36.2 Å². The molecular weight excluding hydrogens is 316 g/mol. The normalized spacial score (nSPS) is 39.9. The van der Waals surface area contributed by atoms with Crippen LogP contribution >= 0.6 is 11.8 Å². The van der Waals surface area contributed by atoms with E-state index in [1.165, 1.54) is 18.4 Å². The van der Waals surface area contributed by atoms with Crippen LogP contribution in [0, 0.1) is 16.7 Å². The van der Waals surface area contributed by atoms with Crippen molar-refractivity contribution in [3.05, 3.63) is 42.0 Å². The fraction of sp³-hybridized carbons (Fsp3) is 0.571. The van der Waals surface area contributed by atoms with E-state index in [1.807, 2.05) is 18.2 Å². The second-order valence-electron chi connectivity index (χ2n) is 8.32. The molecule has 1 saturated heterocycles. The summed E-state index contributed by atoms with van der Waals surface area (Å²) in [6.07, 6.45) is 8.46. The van der Waals surface area contributed by atoms with Gasteiger partial charge in [-0.15, -0.1) is 0 Å². The largest absolute Gasteiger partial charge is 0.446 e. The molecule has 4 atom stereocenters. The number of carbonyl (C=O) groups is 1. The lowest BCUT2D eigenvalue weighted by molar-refractivity contribution is -0.156. The van der Waals surface area contributed by atoms with Gasteiger partial charge in [0.15, 0.2) is 4.93 Å². The monoisotopic (exact) mass is 342 g/mol. The lowest BCUT2D eigenvalue weighted by Gasteiger charge is -2.44. The molecule has 2 bridgehead atoms. The lowest BCUT2D eigenvalue weighted by atomic mass is 9.69. The number of allylic oxidation sites excluding steroid dienone is 1. The average molecular weight is 343 g/mol. The Kier molecular flexibility index (Phi) is 3.65. The van der Waals surface area contributed by atoms with Crippen LogP contribution in [0.2, 0.25) is 0 Å². The van der Waals surface area contributed by atoms with E-state index < -0.39 is 0 Å². The number of ether oxygens (including phenoxy) is 1. The van der Waals surface area contributed by atoms with Crippen LogP contribution in [0.5, 0.6) is 0 Å². The zero-order valence-corrected chi connectivity index (χ0v) is 15.6. The third kappa shape index (κ3) is 2.13. The molecule has 2 nitrogen and oxygen atoms in total. The highest BCUT2D eigenvalue weighted by molar-refractivity contribution is 8.02. The van der Waals surface area contributed by atoms with Crippen LogP contribution in [-0.2, 0) is 9.53 Å². The highest BCUT2D eigenvalue weighted by atomic mass is 32.2. The van der Waals surface area contributed by atoms with Gasteiger partial charge in [0.25, 0.3) is 0 Å². The number of thioether (sulfide) groups is 1. The fourth-order valence-corrected chi connectivity index (χ4v) is 6.95. The Bertz CT molecular complexity index is 680. The summed E-state index contributed by atoms with van der Waals surface area (Å²) in [7, 11) is 0. The Labute approximate surface area is 149 Å². The molecule has 24 heavy (non-hydrogen) atoms. The second kappa shape index (κ2) is 5.39. The van der Waals surface area contributed by atoms with E-state index in [-0.39, 0.29) is 27.0 Å². The topological polar surface area (TPSA) is 26.3 Å². The third-order valence-corrected chi connectivity index (χ3v) is 8.86. The molecule has 1 aromatic rings. The van der Waals surface area contributed by atoms with E-state index in [0.717, 1.165) is 12.8 Å². The van der Waals surface area contributed by atoms with E-state index in [4.69, 9.17) is 4.74 Å². The maximum Gasteiger partial charge on any atom is 0.320 e. The van der Waals surface area contributed by atoms with Gasteiger partial charge in [-0.3, -0.25) is 4.79 Å². The van der Waals surface area contributed by atoms with Crippen molar-refractivity contribution in [2.45, 2.75) is 56.6 Å². The minimum atomic E-state index is -0.290. The van der Waals surface area contributed by atoms with Gasteiger partial charge in [-0.25, -0.2) is 0 Å². The Hall–Kier alpha value is -1.22. The minimum Gasteiger partial charge on any atom is -0.446 e. The number of rotatable bonds is 3. The van der Waals surface area contributed by atoms with Crippen molar-refractivity contribution in [3.63, 3.8) is 0 Å². The summed E-state index contributed by atoms with van der Waals surface area (Å²) in [4.78, 5) is 12.2. The molecule has 3 fully saturated rings. The Balaban J connectivity index is 1.49. The van der Waals surface area contributed by atoms with Crippen LogP contribution in [0.25, 0.3) is 6.08 Å². The van der Waals surface area contributed by atoms with Gasteiger partial charge < -0.3 is 4.74 Å². The molecule has 0 radical (unpaired) electrons. The van der Waals surface area contributed by atoms with E-state index >= 15 is 0 Å². The van der Waals surface area contributed by atoms with Crippen molar-refractivity contribution in [3.8, 4) is 0 Å². The average Bonchev–Trinajstić information content (AvgIpc) is 3.04. The first-order chi connectivity index (χ1) is 11.4. The molecule has 0 N–H and O–H groups in total. The Morgan fingerprint density at radius 2 is 2.00 bits per heavy atom. The summed E-state index contributed by atoms with van der Waals surface area (Å²) in [5, 5.41) is -0.0584. The smallest absolute Gasteiger partial charge is 0.320 e. The molecule has 0 amide bonds. The molecule has 2 saturated carbocycles. The number of carbonyl (C=O) groups excluding carboxylic acids is 1. The first kappa shape index (κ1) is 16.3. The van der Waals surface area contributed by atoms with Crippen LogP contribution in [-0.4, -0.2) is 16.2 Å². The van der Waals surface area contributed by atoms with Crippen molar-refractivity contribution < 1.29 is 9.53 Å². The van der Waals surface area contributed by atoms with Gasteiger partial charge in [0.2, 0.25) is 0 Å². The fourth-order valence-electron chi connectivity index (χ4n) is 5.08. The second-order valence-corrected chi connectivity index (χ2v) is 9.79. The van der Waals surface area contributed by atoms with Gasteiger partial charge in [-0.1, -0.05) is 75.0 Å². The van der Waals surface area contributed by atoms with Crippen molar-refractivity contribution in [1.29, 1.82) is 0 Å². The van der Waals surface area contributed by atoms with Crippen LogP contribution in [0.3, 0.4) is 0 Å². The molecule has 0 aromatic heterocycles. The zero-order valence-electron chi connectivity index (χ0n) is 14.7. The molecule has 3 heteroatoms. The Morgan fingerprint density at radius 1 is 1.25 bits per heavy atom. The number of hydrogen-bond donors (Lipinski definition) is 0. The molecule has 1 aromatic carbocycles. The van der Waals surface area contributed by atoms with Crippen molar-refractivity contribution in [2.24, 2.45) is 16.7 Å². The maximum absolute atomic E-state index is 12.5. The van der Waals surface area contributed by atoms with Gasteiger partial charge in [-0.2, -0.15) is 0 Å². The van der Waals surface area contributed by atoms with E-state index in [9.17, 15) is 4.79 Å². The lowest BCUT2D eigenvalue weighted by Crippen LogP contribution is -2.44. The molecule has 2 aliphatic carbocycles. The molecular formula is C21H26O2S. The SMILES string of the molecule is CC1(C)[C@H]2CC[C@]1(C)[C@]1(C2)OC(=O)[C@H](C/C=C/c2ccccc2)S1. The molecule has 4 rings (SSSR count). The van der Waals surface area contributed by atoms with Gasteiger partial charge in [0.05, 0.1) is 0 Å². The Morgan fingerprint density at radius 3 is 2.62 bits per heavy atom. The highest BCUT2D eigenvalue weighted by Gasteiger charge is 2.73. The van der Waals surface area contributed by atoms with E-state index in [1.54, 1.807) is 11.8 Å². The summed E-state index contributed by atoms with van der Waals surface area (Å²) in [6, 6.07) is 10.2. The predicted octanol–water partition coefficient (Wildman–Crippen LogP) is 5.29. The number of esters is 1. The summed E-state index contributed by atoms with van der Waals surface area (Å²) in [5.74, 6) is 0.670. The van der Waals surface area contributed by atoms with E-state index in [2.05, 4.69) is 45.1 Å². The molecule has 3 aliphatic rings.